The lowest BCUT2D eigenvalue weighted by atomic mass is 10.2. The Kier molecular flexibility index (Phi) is 2.91. The second-order valence-electron chi connectivity index (χ2n) is 3.71. The van der Waals surface area contributed by atoms with Gasteiger partial charge in [0.25, 0.3) is 0 Å². The first-order chi connectivity index (χ1) is 8.08. The van der Waals surface area contributed by atoms with Gasteiger partial charge >= 0.3 is 5.97 Å². The zero-order chi connectivity index (χ0) is 12.4. The normalized spacial score (nSPS) is 10.5. The van der Waals surface area contributed by atoms with Gasteiger partial charge in [-0.2, -0.15) is 5.10 Å². The molecular formula is C12H11FN2O2. The number of carboxylic acid groups (broad SMARTS) is 1. The number of nitrogens with zero attached hydrogens (tertiary/aromatic N) is 2. The Labute approximate surface area is 97.3 Å². The van der Waals surface area contributed by atoms with Gasteiger partial charge in [0.2, 0.25) is 0 Å². The van der Waals surface area contributed by atoms with E-state index in [1.807, 2.05) is 0 Å². The highest BCUT2D eigenvalue weighted by molar-refractivity contribution is 5.70. The average molecular weight is 234 g/mol. The molecule has 0 fully saturated rings. The molecule has 0 aliphatic carbocycles. The molecule has 1 aromatic heterocycles. The summed E-state index contributed by atoms with van der Waals surface area (Å²) in [6.45, 7) is 1.79. The Morgan fingerprint density at radius 1 is 1.41 bits per heavy atom. The number of aliphatic carboxylic acids is 1. The zero-order valence-corrected chi connectivity index (χ0v) is 9.22. The second kappa shape index (κ2) is 4.37. The van der Waals surface area contributed by atoms with Crippen LogP contribution in [0, 0.1) is 12.7 Å². The molecule has 0 atom stereocenters. The zero-order valence-electron chi connectivity index (χ0n) is 9.22. The van der Waals surface area contributed by atoms with Gasteiger partial charge in [0.05, 0.1) is 18.3 Å². The predicted octanol–water partition coefficient (Wildman–Crippen LogP) is 1.95. The molecule has 1 aromatic carbocycles. The summed E-state index contributed by atoms with van der Waals surface area (Å²) in [4.78, 5) is 10.6. The maximum absolute atomic E-state index is 12.8. The predicted molar refractivity (Wildman–Crippen MR) is 59.6 cm³/mol. The minimum Gasteiger partial charge on any atom is -0.481 e. The van der Waals surface area contributed by atoms with Crippen LogP contribution in [0.3, 0.4) is 0 Å². The highest BCUT2D eigenvalue weighted by atomic mass is 19.1. The molecule has 1 N–H and O–H groups in total. The molecule has 88 valence electrons. The van der Waals surface area contributed by atoms with E-state index in [4.69, 9.17) is 5.11 Å². The van der Waals surface area contributed by atoms with Gasteiger partial charge in [-0.25, -0.2) is 9.07 Å². The third-order valence-corrected chi connectivity index (χ3v) is 2.52. The van der Waals surface area contributed by atoms with Crippen LogP contribution < -0.4 is 0 Å². The average Bonchev–Trinajstić information content (AvgIpc) is 2.61. The summed E-state index contributed by atoms with van der Waals surface area (Å²) in [7, 11) is 0. The Balaban J connectivity index is 2.37. The van der Waals surface area contributed by atoms with E-state index >= 15 is 0 Å². The smallest absolute Gasteiger partial charge is 0.307 e. The Morgan fingerprint density at radius 2 is 2.06 bits per heavy atom. The van der Waals surface area contributed by atoms with Crippen LogP contribution in [-0.2, 0) is 11.2 Å². The SMILES string of the molecule is Cc1c(CC(=O)O)cnn1-c1ccc(F)cc1. The summed E-state index contributed by atoms with van der Waals surface area (Å²) in [5.41, 5.74) is 2.11. The Morgan fingerprint density at radius 3 is 2.65 bits per heavy atom. The van der Waals surface area contributed by atoms with Crippen LogP contribution in [0.1, 0.15) is 11.3 Å². The lowest BCUT2D eigenvalue weighted by Gasteiger charge is -2.04. The fourth-order valence-electron chi connectivity index (χ4n) is 1.62. The van der Waals surface area contributed by atoms with Crippen molar-refractivity contribution in [3.8, 4) is 5.69 Å². The van der Waals surface area contributed by atoms with Crippen LogP contribution in [0.2, 0.25) is 0 Å². The van der Waals surface area contributed by atoms with Crippen molar-refractivity contribution >= 4 is 5.97 Å². The van der Waals surface area contributed by atoms with E-state index in [0.717, 1.165) is 5.69 Å². The van der Waals surface area contributed by atoms with Crippen LogP contribution in [0.25, 0.3) is 5.69 Å². The number of carboxylic acids is 1. The molecule has 0 aliphatic heterocycles. The first-order valence-corrected chi connectivity index (χ1v) is 5.09. The molecule has 17 heavy (non-hydrogen) atoms. The van der Waals surface area contributed by atoms with Crippen molar-refractivity contribution < 1.29 is 14.3 Å². The molecule has 0 amide bonds. The van der Waals surface area contributed by atoms with Crippen LogP contribution in [0.5, 0.6) is 0 Å². The Hall–Kier alpha value is -2.17. The number of carbonyl (C=O) groups is 1. The molecule has 0 bridgehead atoms. The van der Waals surface area contributed by atoms with E-state index in [2.05, 4.69) is 5.10 Å². The molecule has 4 nitrogen and oxygen atoms in total. The van der Waals surface area contributed by atoms with Crippen LogP contribution in [-0.4, -0.2) is 20.9 Å². The van der Waals surface area contributed by atoms with Gasteiger partial charge < -0.3 is 5.11 Å². The molecular weight excluding hydrogens is 223 g/mol. The molecule has 2 rings (SSSR count). The minimum atomic E-state index is -0.897. The summed E-state index contributed by atoms with van der Waals surface area (Å²) in [5, 5.41) is 12.8. The van der Waals surface area contributed by atoms with Gasteiger partial charge in [-0.3, -0.25) is 4.79 Å². The van der Waals surface area contributed by atoms with Crippen molar-refractivity contribution in [3.63, 3.8) is 0 Å². The molecule has 0 saturated carbocycles. The van der Waals surface area contributed by atoms with Crippen molar-refractivity contribution in [1.82, 2.24) is 9.78 Å². The summed E-state index contributed by atoms with van der Waals surface area (Å²) in [6, 6.07) is 5.88. The summed E-state index contributed by atoms with van der Waals surface area (Å²) >= 11 is 0. The van der Waals surface area contributed by atoms with Crippen molar-refractivity contribution in [2.75, 3.05) is 0 Å². The van der Waals surface area contributed by atoms with Crippen molar-refractivity contribution in [3.05, 3.63) is 47.5 Å². The third kappa shape index (κ3) is 2.33. The number of aromatic nitrogens is 2. The summed E-state index contributed by atoms with van der Waals surface area (Å²) in [6.07, 6.45) is 1.46. The van der Waals surface area contributed by atoms with E-state index in [9.17, 15) is 9.18 Å². The van der Waals surface area contributed by atoms with E-state index in [1.165, 1.54) is 18.3 Å². The summed E-state index contributed by atoms with van der Waals surface area (Å²) < 4.78 is 14.4. The topological polar surface area (TPSA) is 55.1 Å². The van der Waals surface area contributed by atoms with Gasteiger partial charge in [-0.05, 0) is 31.2 Å². The summed E-state index contributed by atoms with van der Waals surface area (Å²) in [5.74, 6) is -1.21. The van der Waals surface area contributed by atoms with Crippen molar-refractivity contribution in [2.24, 2.45) is 0 Å². The standard InChI is InChI=1S/C12H11FN2O2/c1-8-9(6-12(16)17)7-14-15(8)11-4-2-10(13)3-5-11/h2-5,7H,6H2,1H3,(H,16,17). The van der Waals surface area contributed by atoms with E-state index in [1.54, 1.807) is 23.7 Å². The number of halogens is 1. The first kappa shape index (κ1) is 11.3. The van der Waals surface area contributed by atoms with Gasteiger partial charge in [0.1, 0.15) is 5.82 Å². The third-order valence-electron chi connectivity index (χ3n) is 2.52. The van der Waals surface area contributed by atoms with Gasteiger partial charge in [-0.15, -0.1) is 0 Å². The quantitative estimate of drug-likeness (QED) is 0.883. The lowest BCUT2D eigenvalue weighted by Crippen LogP contribution is -2.03. The molecule has 0 saturated heterocycles. The maximum atomic E-state index is 12.8. The highest BCUT2D eigenvalue weighted by Gasteiger charge is 2.10. The monoisotopic (exact) mass is 234 g/mol. The van der Waals surface area contributed by atoms with Crippen LogP contribution in [0.15, 0.2) is 30.5 Å². The van der Waals surface area contributed by atoms with Gasteiger partial charge in [0, 0.05) is 11.3 Å². The fourth-order valence-corrected chi connectivity index (χ4v) is 1.62. The first-order valence-electron chi connectivity index (χ1n) is 5.09. The fraction of sp³-hybridized carbons (Fsp3) is 0.167. The Bertz CT molecular complexity index is 546. The van der Waals surface area contributed by atoms with E-state index < -0.39 is 5.97 Å². The minimum absolute atomic E-state index is 0.0625. The molecule has 2 aromatic rings. The lowest BCUT2D eigenvalue weighted by molar-refractivity contribution is -0.136. The second-order valence-corrected chi connectivity index (χ2v) is 3.71. The molecule has 0 radical (unpaired) electrons. The number of hydrogen-bond donors (Lipinski definition) is 1. The molecule has 1 heterocycles. The van der Waals surface area contributed by atoms with Crippen molar-refractivity contribution in [1.29, 1.82) is 0 Å². The van der Waals surface area contributed by atoms with Crippen LogP contribution in [0.4, 0.5) is 4.39 Å². The maximum Gasteiger partial charge on any atom is 0.307 e. The molecule has 0 aliphatic rings. The molecule has 0 unspecified atom stereocenters. The largest absolute Gasteiger partial charge is 0.481 e. The van der Waals surface area contributed by atoms with Crippen LogP contribution >= 0.6 is 0 Å². The van der Waals surface area contributed by atoms with Crippen molar-refractivity contribution in [2.45, 2.75) is 13.3 Å². The number of benzene rings is 1. The van der Waals surface area contributed by atoms with E-state index in [0.29, 0.717) is 11.3 Å². The van der Waals surface area contributed by atoms with Gasteiger partial charge in [0.15, 0.2) is 0 Å². The number of hydrogen-bond acceptors (Lipinski definition) is 2. The number of rotatable bonds is 3. The highest BCUT2D eigenvalue weighted by Crippen LogP contribution is 2.15. The van der Waals surface area contributed by atoms with Gasteiger partial charge in [-0.1, -0.05) is 0 Å². The molecule has 0 spiro atoms. The molecule has 5 heteroatoms. The van der Waals surface area contributed by atoms with E-state index in [-0.39, 0.29) is 12.2 Å².